The van der Waals surface area contributed by atoms with E-state index in [1.165, 1.54) is 6.20 Å². The first kappa shape index (κ1) is 15.1. The van der Waals surface area contributed by atoms with Gasteiger partial charge in [0.1, 0.15) is 0 Å². The predicted octanol–water partition coefficient (Wildman–Crippen LogP) is 3.00. The first-order valence-corrected chi connectivity index (χ1v) is 7.27. The molecule has 0 spiro atoms. The van der Waals surface area contributed by atoms with Crippen molar-refractivity contribution in [3.8, 4) is 0 Å². The van der Waals surface area contributed by atoms with Crippen molar-refractivity contribution in [3.63, 3.8) is 0 Å². The summed E-state index contributed by atoms with van der Waals surface area (Å²) in [7, 11) is 0. The molecule has 1 aromatic carbocycles. The summed E-state index contributed by atoms with van der Waals surface area (Å²) in [5, 5.41) is 16.0. The molecule has 3 rings (SSSR count). The third-order valence-corrected chi connectivity index (χ3v) is 4.20. The number of nitrogens with zero attached hydrogens (tertiary/aromatic N) is 3. The molecule has 0 bridgehead atoms. The first-order chi connectivity index (χ1) is 10.8. The van der Waals surface area contributed by atoms with Gasteiger partial charge >= 0.3 is 12.1 Å². The van der Waals surface area contributed by atoms with Crippen LogP contribution in [0.3, 0.4) is 0 Å². The van der Waals surface area contributed by atoms with Gasteiger partial charge in [-0.25, -0.2) is 9.59 Å². The summed E-state index contributed by atoms with van der Waals surface area (Å²) in [5.74, 6) is 0. The molecule has 2 amide bonds. The third kappa shape index (κ3) is 2.44. The molecule has 0 atom stereocenters. The van der Waals surface area contributed by atoms with Crippen molar-refractivity contribution >= 4 is 17.8 Å². The fourth-order valence-electron chi connectivity index (χ4n) is 2.86. The number of benzene rings is 1. The number of carboxylic acid groups (broad SMARTS) is 1. The van der Waals surface area contributed by atoms with E-state index in [1.807, 2.05) is 45.0 Å². The van der Waals surface area contributed by atoms with Crippen molar-refractivity contribution in [1.82, 2.24) is 14.7 Å². The highest BCUT2D eigenvalue weighted by Crippen LogP contribution is 2.38. The summed E-state index contributed by atoms with van der Waals surface area (Å²) < 4.78 is 0.892. The molecular weight excluding hydrogens is 296 g/mol. The van der Waals surface area contributed by atoms with Gasteiger partial charge in [-0.2, -0.15) is 9.78 Å². The van der Waals surface area contributed by atoms with Crippen molar-refractivity contribution in [2.45, 2.75) is 32.9 Å². The molecule has 23 heavy (non-hydrogen) atoms. The van der Waals surface area contributed by atoms with E-state index >= 15 is 0 Å². The summed E-state index contributed by atoms with van der Waals surface area (Å²) in [5.41, 5.74) is 2.42. The van der Waals surface area contributed by atoms with Gasteiger partial charge in [0.05, 0.1) is 17.8 Å². The van der Waals surface area contributed by atoms with E-state index in [2.05, 4.69) is 10.4 Å². The number of amides is 2. The second-order valence-electron chi connectivity index (χ2n) is 6.12. The van der Waals surface area contributed by atoms with Gasteiger partial charge < -0.3 is 15.3 Å². The molecule has 0 fully saturated rings. The number of aryl methyl sites for hydroxylation is 1. The van der Waals surface area contributed by atoms with Crippen LogP contribution in [0.15, 0.2) is 30.5 Å². The number of rotatable bonds is 1. The van der Waals surface area contributed by atoms with Crippen LogP contribution in [-0.4, -0.2) is 31.9 Å². The Kier molecular flexibility index (Phi) is 3.35. The van der Waals surface area contributed by atoms with Crippen LogP contribution in [-0.2, 0) is 12.1 Å². The summed E-state index contributed by atoms with van der Waals surface area (Å²) >= 11 is 0. The summed E-state index contributed by atoms with van der Waals surface area (Å²) in [4.78, 5) is 25.3. The molecule has 0 unspecified atom stereocenters. The van der Waals surface area contributed by atoms with Gasteiger partial charge in [0.15, 0.2) is 0 Å². The van der Waals surface area contributed by atoms with Crippen molar-refractivity contribution in [3.05, 3.63) is 47.3 Å². The average molecular weight is 314 g/mol. The van der Waals surface area contributed by atoms with E-state index in [1.54, 1.807) is 4.90 Å². The Labute approximate surface area is 133 Å². The zero-order valence-electron chi connectivity index (χ0n) is 13.2. The van der Waals surface area contributed by atoms with E-state index in [9.17, 15) is 9.59 Å². The Morgan fingerprint density at radius 3 is 2.61 bits per heavy atom. The molecule has 2 N–H and O–H groups in total. The van der Waals surface area contributed by atoms with Crippen molar-refractivity contribution in [2.75, 3.05) is 5.32 Å². The fraction of sp³-hybridized carbons (Fsp3) is 0.312. The zero-order chi connectivity index (χ0) is 16.8. The monoisotopic (exact) mass is 314 g/mol. The van der Waals surface area contributed by atoms with Gasteiger partial charge in [-0.15, -0.1) is 0 Å². The van der Waals surface area contributed by atoms with Gasteiger partial charge in [0, 0.05) is 17.4 Å². The molecule has 0 aliphatic carbocycles. The largest absolute Gasteiger partial charge is 0.463 e. The molecule has 1 aliphatic rings. The molecule has 0 radical (unpaired) electrons. The number of urea groups is 1. The van der Waals surface area contributed by atoms with Gasteiger partial charge in [-0.05, 0) is 32.4 Å². The number of carbonyl (C=O) groups excluding carboxylic acids is 1. The number of hydrogen-bond acceptors (Lipinski definition) is 3. The molecule has 7 heteroatoms. The Morgan fingerprint density at radius 2 is 2.00 bits per heavy atom. The highest BCUT2D eigenvalue weighted by atomic mass is 16.4. The number of nitrogens with one attached hydrogen (secondary N) is 1. The number of aromatic nitrogens is 2. The lowest BCUT2D eigenvalue weighted by Crippen LogP contribution is -2.43. The number of hydrogen-bond donors (Lipinski definition) is 2. The summed E-state index contributed by atoms with van der Waals surface area (Å²) in [6.45, 7) is 5.97. The number of carbonyl (C=O) groups is 2. The smallest absolute Gasteiger partial charge is 0.432 e. The van der Waals surface area contributed by atoms with E-state index in [-0.39, 0.29) is 6.03 Å². The third-order valence-electron chi connectivity index (χ3n) is 4.20. The molecule has 2 heterocycles. The molecular formula is C16H18N4O3. The van der Waals surface area contributed by atoms with Crippen LogP contribution in [0.5, 0.6) is 0 Å². The topological polar surface area (TPSA) is 87.5 Å². The van der Waals surface area contributed by atoms with Crippen LogP contribution in [0.1, 0.15) is 30.7 Å². The second-order valence-corrected chi connectivity index (χ2v) is 6.12. The summed E-state index contributed by atoms with van der Waals surface area (Å²) in [6.07, 6.45) is 0.326. The Morgan fingerprint density at radius 1 is 1.30 bits per heavy atom. The SMILES string of the molecule is Cc1ccccc1NC(=O)N1Cc2cn(C(=O)O)nc2C1(C)C. The maximum atomic E-state index is 12.6. The van der Waals surface area contributed by atoms with Crippen LogP contribution in [0.25, 0.3) is 0 Å². The number of para-hydroxylation sites is 1. The van der Waals surface area contributed by atoms with Crippen molar-refractivity contribution in [1.29, 1.82) is 0 Å². The van der Waals surface area contributed by atoms with Crippen LogP contribution in [0.4, 0.5) is 15.3 Å². The van der Waals surface area contributed by atoms with Gasteiger partial charge in [-0.3, -0.25) is 0 Å². The predicted molar refractivity (Wildman–Crippen MR) is 84.4 cm³/mol. The van der Waals surface area contributed by atoms with Gasteiger partial charge in [0.2, 0.25) is 0 Å². The number of anilines is 1. The molecule has 0 saturated carbocycles. The lowest BCUT2D eigenvalue weighted by Gasteiger charge is -2.31. The lowest BCUT2D eigenvalue weighted by atomic mass is 10.0. The van der Waals surface area contributed by atoms with Crippen LogP contribution >= 0.6 is 0 Å². The van der Waals surface area contributed by atoms with Crippen LogP contribution < -0.4 is 5.32 Å². The van der Waals surface area contributed by atoms with E-state index < -0.39 is 11.6 Å². The van der Waals surface area contributed by atoms with Crippen molar-refractivity contribution in [2.24, 2.45) is 0 Å². The molecule has 1 aromatic heterocycles. The maximum Gasteiger partial charge on any atom is 0.432 e. The second kappa shape index (κ2) is 5.12. The standard InChI is InChI=1S/C16H18N4O3/c1-10-6-4-5-7-12(10)17-14(21)19-8-11-9-20(15(22)23)18-13(11)16(19,2)3/h4-7,9H,8H2,1-3H3,(H,17,21)(H,22,23). The quantitative estimate of drug-likeness (QED) is 0.847. The zero-order valence-corrected chi connectivity index (χ0v) is 13.2. The highest BCUT2D eigenvalue weighted by molar-refractivity contribution is 5.91. The van der Waals surface area contributed by atoms with Gasteiger partial charge in [0.25, 0.3) is 0 Å². The molecule has 0 saturated heterocycles. The first-order valence-electron chi connectivity index (χ1n) is 7.27. The minimum Gasteiger partial charge on any atom is -0.463 e. The number of fused-ring (bicyclic) bond motifs is 1. The summed E-state index contributed by atoms with van der Waals surface area (Å²) in [6, 6.07) is 7.32. The maximum absolute atomic E-state index is 12.6. The van der Waals surface area contributed by atoms with E-state index in [0.717, 1.165) is 21.5 Å². The minimum absolute atomic E-state index is 0.232. The minimum atomic E-state index is -1.13. The Bertz CT molecular complexity index is 794. The van der Waals surface area contributed by atoms with Gasteiger partial charge in [-0.1, -0.05) is 18.2 Å². The molecule has 1 aliphatic heterocycles. The molecule has 7 nitrogen and oxygen atoms in total. The fourth-order valence-corrected chi connectivity index (χ4v) is 2.86. The molecule has 2 aromatic rings. The lowest BCUT2D eigenvalue weighted by molar-refractivity contribution is 0.153. The highest BCUT2D eigenvalue weighted by Gasteiger charge is 2.43. The average Bonchev–Trinajstić information content (AvgIpc) is 3.00. The normalized spacial score (nSPS) is 15.3. The van der Waals surface area contributed by atoms with E-state index in [4.69, 9.17) is 5.11 Å². The van der Waals surface area contributed by atoms with Crippen LogP contribution in [0, 0.1) is 6.92 Å². The van der Waals surface area contributed by atoms with Crippen LogP contribution in [0.2, 0.25) is 0 Å². The Hall–Kier alpha value is -2.83. The molecule has 120 valence electrons. The Balaban J connectivity index is 1.84. The van der Waals surface area contributed by atoms with Crippen molar-refractivity contribution < 1.29 is 14.7 Å². The van der Waals surface area contributed by atoms with E-state index in [0.29, 0.717) is 12.2 Å².